The summed E-state index contributed by atoms with van der Waals surface area (Å²) in [6.07, 6.45) is 1.04. The standard InChI is InChI=1S/C15H22N4O/c1-5-8-16-15-17-10(2)9-14(19-15)18-12(4)13-7-6-11(3)20-13/h6-7,9,12H,5,8H2,1-4H3,(H2,16,17,18,19). The lowest BCUT2D eigenvalue weighted by Gasteiger charge is -2.14. The monoisotopic (exact) mass is 274 g/mol. The molecular weight excluding hydrogens is 252 g/mol. The minimum atomic E-state index is 0.0667. The van der Waals surface area contributed by atoms with Gasteiger partial charge in [0.1, 0.15) is 17.3 Å². The van der Waals surface area contributed by atoms with Crippen LogP contribution >= 0.6 is 0 Å². The quantitative estimate of drug-likeness (QED) is 0.841. The van der Waals surface area contributed by atoms with Crippen molar-refractivity contribution in [2.24, 2.45) is 0 Å². The zero-order valence-electron chi connectivity index (χ0n) is 12.5. The Morgan fingerprint density at radius 1 is 1.25 bits per heavy atom. The molecule has 0 aliphatic carbocycles. The van der Waals surface area contributed by atoms with Crippen LogP contribution in [0.15, 0.2) is 22.6 Å². The van der Waals surface area contributed by atoms with E-state index >= 15 is 0 Å². The van der Waals surface area contributed by atoms with Crippen LogP contribution < -0.4 is 10.6 Å². The molecule has 0 saturated carbocycles. The summed E-state index contributed by atoms with van der Waals surface area (Å²) in [6, 6.07) is 5.95. The van der Waals surface area contributed by atoms with Crippen LogP contribution in [0.2, 0.25) is 0 Å². The van der Waals surface area contributed by atoms with E-state index < -0.39 is 0 Å². The van der Waals surface area contributed by atoms with Crippen molar-refractivity contribution in [1.82, 2.24) is 9.97 Å². The van der Waals surface area contributed by atoms with Gasteiger partial charge < -0.3 is 15.1 Å². The molecule has 1 unspecified atom stereocenters. The van der Waals surface area contributed by atoms with Gasteiger partial charge >= 0.3 is 0 Å². The summed E-state index contributed by atoms with van der Waals surface area (Å²) < 4.78 is 5.62. The Morgan fingerprint density at radius 3 is 2.70 bits per heavy atom. The van der Waals surface area contributed by atoms with Crippen molar-refractivity contribution in [3.8, 4) is 0 Å². The molecule has 20 heavy (non-hydrogen) atoms. The maximum Gasteiger partial charge on any atom is 0.224 e. The van der Waals surface area contributed by atoms with Crippen LogP contribution in [0.3, 0.4) is 0 Å². The number of nitrogens with zero attached hydrogens (tertiary/aromatic N) is 2. The number of hydrogen-bond donors (Lipinski definition) is 2. The number of hydrogen-bond acceptors (Lipinski definition) is 5. The van der Waals surface area contributed by atoms with Crippen molar-refractivity contribution in [3.63, 3.8) is 0 Å². The normalized spacial score (nSPS) is 12.2. The van der Waals surface area contributed by atoms with Crippen molar-refractivity contribution in [2.45, 2.75) is 40.2 Å². The molecule has 1 atom stereocenters. The average molecular weight is 274 g/mol. The van der Waals surface area contributed by atoms with Crippen molar-refractivity contribution < 1.29 is 4.42 Å². The smallest absolute Gasteiger partial charge is 0.224 e. The number of anilines is 2. The maximum absolute atomic E-state index is 5.62. The Kier molecular flexibility index (Phi) is 4.61. The second-order valence-electron chi connectivity index (χ2n) is 4.96. The minimum absolute atomic E-state index is 0.0667. The first kappa shape index (κ1) is 14.4. The van der Waals surface area contributed by atoms with Crippen LogP contribution in [-0.4, -0.2) is 16.5 Å². The van der Waals surface area contributed by atoms with Gasteiger partial charge in [0.2, 0.25) is 5.95 Å². The third-order valence-corrected chi connectivity index (χ3v) is 2.94. The second-order valence-corrected chi connectivity index (χ2v) is 4.96. The van der Waals surface area contributed by atoms with Gasteiger partial charge in [-0.2, -0.15) is 4.98 Å². The van der Waals surface area contributed by atoms with Crippen LogP contribution in [-0.2, 0) is 0 Å². The molecule has 0 saturated heterocycles. The molecule has 2 rings (SSSR count). The Morgan fingerprint density at radius 2 is 2.05 bits per heavy atom. The SMILES string of the molecule is CCCNc1nc(C)cc(NC(C)c2ccc(C)o2)n1. The topological polar surface area (TPSA) is 63.0 Å². The van der Waals surface area contributed by atoms with Crippen LogP contribution in [0.4, 0.5) is 11.8 Å². The molecule has 0 fully saturated rings. The van der Waals surface area contributed by atoms with Gasteiger partial charge in [-0.3, -0.25) is 0 Å². The summed E-state index contributed by atoms with van der Waals surface area (Å²) in [4.78, 5) is 8.84. The first-order chi connectivity index (χ1) is 9.58. The minimum Gasteiger partial charge on any atom is -0.464 e. The third kappa shape index (κ3) is 3.73. The molecule has 0 aliphatic rings. The van der Waals surface area contributed by atoms with Gasteiger partial charge in [0, 0.05) is 18.3 Å². The molecule has 2 N–H and O–H groups in total. The van der Waals surface area contributed by atoms with Crippen molar-refractivity contribution in [1.29, 1.82) is 0 Å². The van der Waals surface area contributed by atoms with E-state index in [1.165, 1.54) is 0 Å². The largest absolute Gasteiger partial charge is 0.464 e. The van der Waals surface area contributed by atoms with Gasteiger partial charge in [-0.25, -0.2) is 4.98 Å². The summed E-state index contributed by atoms with van der Waals surface area (Å²) in [5, 5.41) is 6.55. The highest BCUT2D eigenvalue weighted by Crippen LogP contribution is 2.21. The predicted molar refractivity (Wildman–Crippen MR) is 81.0 cm³/mol. The molecule has 5 nitrogen and oxygen atoms in total. The molecule has 108 valence electrons. The lowest BCUT2D eigenvalue weighted by atomic mass is 10.2. The van der Waals surface area contributed by atoms with E-state index in [1.54, 1.807) is 0 Å². The molecule has 2 aromatic heterocycles. The summed E-state index contributed by atoms with van der Waals surface area (Å²) in [7, 11) is 0. The maximum atomic E-state index is 5.62. The fourth-order valence-corrected chi connectivity index (χ4v) is 1.94. The van der Waals surface area contributed by atoms with Crippen molar-refractivity contribution in [2.75, 3.05) is 17.2 Å². The van der Waals surface area contributed by atoms with Gasteiger partial charge in [0.05, 0.1) is 6.04 Å². The summed E-state index contributed by atoms with van der Waals surface area (Å²) in [5.41, 5.74) is 0.934. The first-order valence-corrected chi connectivity index (χ1v) is 7.01. The fourth-order valence-electron chi connectivity index (χ4n) is 1.94. The van der Waals surface area contributed by atoms with E-state index in [1.807, 2.05) is 32.0 Å². The molecule has 0 aliphatic heterocycles. The molecule has 0 spiro atoms. The Labute approximate surface area is 119 Å². The van der Waals surface area contributed by atoms with Crippen LogP contribution in [0, 0.1) is 13.8 Å². The second kappa shape index (κ2) is 6.41. The molecule has 0 radical (unpaired) electrons. The number of furan rings is 1. The molecular formula is C15H22N4O. The fraction of sp³-hybridized carbons (Fsp3) is 0.467. The van der Waals surface area contributed by atoms with Crippen molar-refractivity contribution >= 4 is 11.8 Å². The number of nitrogens with one attached hydrogen (secondary N) is 2. The van der Waals surface area contributed by atoms with Gasteiger partial charge in [-0.05, 0) is 39.3 Å². The predicted octanol–water partition coefficient (Wildman–Crippen LogP) is 3.68. The Balaban J connectivity index is 2.10. The van der Waals surface area contributed by atoms with Crippen LogP contribution in [0.5, 0.6) is 0 Å². The highest BCUT2D eigenvalue weighted by Gasteiger charge is 2.11. The van der Waals surface area contributed by atoms with E-state index in [0.717, 1.165) is 36.0 Å². The molecule has 2 aromatic rings. The summed E-state index contributed by atoms with van der Waals surface area (Å²) in [6.45, 7) is 8.94. The van der Waals surface area contributed by atoms with Gasteiger partial charge in [-0.1, -0.05) is 6.92 Å². The Bertz CT molecular complexity index is 565. The third-order valence-electron chi connectivity index (χ3n) is 2.94. The molecule has 0 amide bonds. The van der Waals surface area contributed by atoms with E-state index in [-0.39, 0.29) is 6.04 Å². The summed E-state index contributed by atoms with van der Waals surface area (Å²) in [5.74, 6) is 3.29. The lowest BCUT2D eigenvalue weighted by Crippen LogP contribution is -2.11. The number of rotatable bonds is 6. The number of aromatic nitrogens is 2. The average Bonchev–Trinajstić information content (AvgIpc) is 2.82. The van der Waals surface area contributed by atoms with Crippen molar-refractivity contribution in [3.05, 3.63) is 35.4 Å². The van der Waals surface area contributed by atoms with E-state index in [4.69, 9.17) is 4.42 Å². The van der Waals surface area contributed by atoms with Crippen LogP contribution in [0.25, 0.3) is 0 Å². The first-order valence-electron chi connectivity index (χ1n) is 7.01. The van der Waals surface area contributed by atoms with E-state index in [0.29, 0.717) is 5.95 Å². The van der Waals surface area contributed by atoms with Gasteiger partial charge in [0.15, 0.2) is 0 Å². The highest BCUT2D eigenvalue weighted by molar-refractivity contribution is 5.43. The highest BCUT2D eigenvalue weighted by atomic mass is 16.3. The molecule has 0 aromatic carbocycles. The molecule has 2 heterocycles. The zero-order chi connectivity index (χ0) is 14.5. The molecule has 5 heteroatoms. The van der Waals surface area contributed by atoms with Gasteiger partial charge in [0.25, 0.3) is 0 Å². The van der Waals surface area contributed by atoms with E-state index in [2.05, 4.69) is 34.4 Å². The Hall–Kier alpha value is -2.04. The van der Waals surface area contributed by atoms with Gasteiger partial charge in [-0.15, -0.1) is 0 Å². The lowest BCUT2D eigenvalue weighted by molar-refractivity contribution is 0.466. The summed E-state index contributed by atoms with van der Waals surface area (Å²) >= 11 is 0. The van der Waals surface area contributed by atoms with E-state index in [9.17, 15) is 0 Å². The molecule has 0 bridgehead atoms. The zero-order valence-corrected chi connectivity index (χ0v) is 12.5. The van der Waals surface area contributed by atoms with Crippen LogP contribution in [0.1, 0.15) is 43.5 Å². The number of aryl methyl sites for hydroxylation is 2.